The van der Waals surface area contributed by atoms with Gasteiger partial charge >= 0.3 is 0 Å². The van der Waals surface area contributed by atoms with Crippen molar-refractivity contribution in [1.29, 1.82) is 0 Å². The lowest BCUT2D eigenvalue weighted by atomic mass is 9.86. The van der Waals surface area contributed by atoms with Crippen molar-refractivity contribution in [3.8, 4) is 0 Å². The first-order chi connectivity index (χ1) is 10.1. The van der Waals surface area contributed by atoms with Crippen LogP contribution in [0.4, 0.5) is 0 Å². The molecule has 5 heteroatoms. The van der Waals surface area contributed by atoms with Crippen LogP contribution in [0.1, 0.15) is 64.6 Å². The monoisotopic (exact) mass is 294 g/mol. The Morgan fingerprint density at radius 3 is 2.76 bits per heavy atom. The first-order valence-corrected chi connectivity index (χ1v) is 8.27. The molecule has 1 aliphatic rings. The van der Waals surface area contributed by atoms with Crippen LogP contribution >= 0.6 is 0 Å². The van der Waals surface area contributed by atoms with E-state index < -0.39 is 0 Å². The molecule has 2 unspecified atom stereocenters. The Labute approximate surface area is 128 Å². The molecule has 3 N–H and O–H groups in total. The number of ether oxygens (including phenoxy) is 1. The van der Waals surface area contributed by atoms with Gasteiger partial charge < -0.3 is 4.74 Å². The standard InChI is InChI=1S/C16H30N4O/c1-4-14(5-2)20-10-8-13(19-20)12-15(18-17)16(3)9-6-7-11-21-16/h8,10,14-15,18H,4-7,9,11-12,17H2,1-3H3. The van der Waals surface area contributed by atoms with E-state index in [1.54, 1.807) is 0 Å². The first kappa shape index (κ1) is 16.5. The molecule has 2 rings (SSSR count). The number of nitrogens with one attached hydrogen (secondary N) is 1. The van der Waals surface area contributed by atoms with E-state index in [0.29, 0.717) is 6.04 Å². The number of aromatic nitrogens is 2. The lowest BCUT2D eigenvalue weighted by Gasteiger charge is -2.40. The van der Waals surface area contributed by atoms with Crippen LogP contribution in [0.5, 0.6) is 0 Å². The SMILES string of the molecule is CCC(CC)n1ccc(CC(NN)C2(C)CCCCO2)n1. The molecule has 1 aliphatic heterocycles. The van der Waals surface area contributed by atoms with E-state index in [4.69, 9.17) is 15.7 Å². The summed E-state index contributed by atoms with van der Waals surface area (Å²) < 4.78 is 8.10. The zero-order valence-electron chi connectivity index (χ0n) is 13.6. The zero-order chi connectivity index (χ0) is 15.3. The van der Waals surface area contributed by atoms with E-state index in [2.05, 4.69) is 43.1 Å². The summed E-state index contributed by atoms with van der Waals surface area (Å²) in [4.78, 5) is 0. The molecule has 1 saturated heterocycles. The van der Waals surface area contributed by atoms with Gasteiger partial charge in [-0.3, -0.25) is 16.0 Å². The minimum atomic E-state index is -0.189. The second-order valence-electron chi connectivity index (χ2n) is 6.30. The summed E-state index contributed by atoms with van der Waals surface area (Å²) in [5.74, 6) is 5.79. The quantitative estimate of drug-likeness (QED) is 0.599. The summed E-state index contributed by atoms with van der Waals surface area (Å²) in [5, 5.41) is 4.73. The van der Waals surface area contributed by atoms with Crippen LogP contribution in [-0.2, 0) is 11.2 Å². The van der Waals surface area contributed by atoms with Crippen molar-refractivity contribution in [1.82, 2.24) is 15.2 Å². The normalized spacial score (nSPS) is 24.4. The van der Waals surface area contributed by atoms with Crippen LogP contribution in [0, 0.1) is 0 Å². The van der Waals surface area contributed by atoms with Gasteiger partial charge in [0, 0.05) is 19.2 Å². The van der Waals surface area contributed by atoms with Crippen LogP contribution in [0.3, 0.4) is 0 Å². The highest BCUT2D eigenvalue weighted by Gasteiger charge is 2.36. The van der Waals surface area contributed by atoms with Crippen LogP contribution < -0.4 is 11.3 Å². The summed E-state index contributed by atoms with van der Waals surface area (Å²) in [5.41, 5.74) is 3.85. The smallest absolute Gasteiger partial charge is 0.0824 e. The highest BCUT2D eigenvalue weighted by molar-refractivity contribution is 5.06. The van der Waals surface area contributed by atoms with Crippen molar-refractivity contribution >= 4 is 0 Å². The fraction of sp³-hybridized carbons (Fsp3) is 0.812. The van der Waals surface area contributed by atoms with Gasteiger partial charge in [0.1, 0.15) is 0 Å². The van der Waals surface area contributed by atoms with E-state index in [0.717, 1.165) is 44.4 Å². The highest BCUT2D eigenvalue weighted by atomic mass is 16.5. The van der Waals surface area contributed by atoms with Crippen molar-refractivity contribution in [3.63, 3.8) is 0 Å². The lowest BCUT2D eigenvalue weighted by molar-refractivity contribution is -0.0886. The third-order valence-electron chi connectivity index (χ3n) is 4.83. The molecule has 21 heavy (non-hydrogen) atoms. The summed E-state index contributed by atoms with van der Waals surface area (Å²) in [6.07, 6.45) is 8.51. The largest absolute Gasteiger partial charge is 0.374 e. The fourth-order valence-electron chi connectivity index (χ4n) is 3.24. The minimum Gasteiger partial charge on any atom is -0.374 e. The van der Waals surface area contributed by atoms with Crippen molar-refractivity contribution in [2.45, 2.75) is 77.0 Å². The average Bonchev–Trinajstić information content (AvgIpc) is 2.95. The Hall–Kier alpha value is -0.910. The number of hydrogen-bond acceptors (Lipinski definition) is 4. The second-order valence-corrected chi connectivity index (χ2v) is 6.30. The lowest BCUT2D eigenvalue weighted by Crippen LogP contribution is -2.55. The zero-order valence-corrected chi connectivity index (χ0v) is 13.6. The molecule has 120 valence electrons. The topological polar surface area (TPSA) is 65.1 Å². The van der Waals surface area contributed by atoms with Gasteiger partial charge in [-0.15, -0.1) is 0 Å². The van der Waals surface area contributed by atoms with Crippen LogP contribution in [-0.4, -0.2) is 28.0 Å². The maximum Gasteiger partial charge on any atom is 0.0824 e. The van der Waals surface area contributed by atoms with E-state index in [1.165, 1.54) is 6.42 Å². The maximum absolute atomic E-state index is 6.01. The third-order valence-corrected chi connectivity index (χ3v) is 4.83. The van der Waals surface area contributed by atoms with Crippen LogP contribution in [0.25, 0.3) is 0 Å². The Morgan fingerprint density at radius 2 is 2.19 bits per heavy atom. The van der Waals surface area contributed by atoms with Crippen molar-refractivity contribution in [3.05, 3.63) is 18.0 Å². The average molecular weight is 294 g/mol. The number of nitrogens with two attached hydrogens (primary N) is 1. The van der Waals surface area contributed by atoms with Gasteiger partial charge in [-0.2, -0.15) is 5.10 Å². The summed E-state index contributed by atoms with van der Waals surface area (Å²) in [7, 11) is 0. The molecule has 1 fully saturated rings. The Morgan fingerprint density at radius 1 is 1.43 bits per heavy atom. The van der Waals surface area contributed by atoms with E-state index in [-0.39, 0.29) is 11.6 Å². The number of rotatable bonds is 7. The Balaban J connectivity index is 2.04. The van der Waals surface area contributed by atoms with Crippen molar-refractivity contribution in [2.75, 3.05) is 6.61 Å². The molecule has 0 saturated carbocycles. The molecule has 0 bridgehead atoms. The number of hydrazine groups is 1. The Bertz CT molecular complexity index is 422. The predicted molar refractivity (Wildman–Crippen MR) is 84.9 cm³/mol. The molecule has 2 heterocycles. The number of nitrogens with zero attached hydrogens (tertiary/aromatic N) is 2. The number of hydrogen-bond donors (Lipinski definition) is 2. The van der Waals surface area contributed by atoms with E-state index >= 15 is 0 Å². The third kappa shape index (κ3) is 3.84. The Kier molecular flexibility index (Phi) is 5.79. The van der Waals surface area contributed by atoms with Gasteiger partial charge in [-0.05, 0) is 45.1 Å². The molecular formula is C16H30N4O. The molecule has 1 aromatic heterocycles. The highest BCUT2D eigenvalue weighted by Crippen LogP contribution is 2.29. The van der Waals surface area contributed by atoms with Crippen LogP contribution in [0.2, 0.25) is 0 Å². The van der Waals surface area contributed by atoms with Gasteiger partial charge in [0.15, 0.2) is 0 Å². The molecule has 0 spiro atoms. The predicted octanol–water partition coefficient (Wildman–Crippen LogP) is 2.58. The summed E-state index contributed by atoms with van der Waals surface area (Å²) in [6.45, 7) is 7.40. The molecule has 2 atom stereocenters. The minimum absolute atomic E-state index is 0.0999. The van der Waals surface area contributed by atoms with Crippen molar-refractivity contribution in [2.24, 2.45) is 5.84 Å². The van der Waals surface area contributed by atoms with Crippen LogP contribution in [0.15, 0.2) is 12.3 Å². The van der Waals surface area contributed by atoms with Gasteiger partial charge in [0.25, 0.3) is 0 Å². The van der Waals surface area contributed by atoms with E-state index in [9.17, 15) is 0 Å². The molecular weight excluding hydrogens is 264 g/mol. The first-order valence-electron chi connectivity index (χ1n) is 8.27. The molecule has 0 amide bonds. The summed E-state index contributed by atoms with van der Waals surface area (Å²) >= 11 is 0. The van der Waals surface area contributed by atoms with Gasteiger partial charge in [-0.25, -0.2) is 0 Å². The summed E-state index contributed by atoms with van der Waals surface area (Å²) in [6, 6.07) is 2.70. The molecule has 0 radical (unpaired) electrons. The van der Waals surface area contributed by atoms with Gasteiger partial charge in [0.2, 0.25) is 0 Å². The van der Waals surface area contributed by atoms with E-state index in [1.807, 2.05) is 0 Å². The van der Waals surface area contributed by atoms with Gasteiger partial charge in [-0.1, -0.05) is 13.8 Å². The van der Waals surface area contributed by atoms with Crippen molar-refractivity contribution < 1.29 is 4.74 Å². The second kappa shape index (κ2) is 7.38. The molecule has 5 nitrogen and oxygen atoms in total. The molecule has 0 aliphatic carbocycles. The molecule has 1 aromatic rings. The molecule has 0 aromatic carbocycles. The fourth-order valence-corrected chi connectivity index (χ4v) is 3.24. The van der Waals surface area contributed by atoms with Gasteiger partial charge in [0.05, 0.1) is 23.4 Å². The maximum atomic E-state index is 6.01.